The fourth-order valence-corrected chi connectivity index (χ4v) is 3.18. The summed E-state index contributed by atoms with van der Waals surface area (Å²) in [5.74, 6) is -1.42. The second kappa shape index (κ2) is 8.42. The van der Waals surface area contributed by atoms with Gasteiger partial charge in [0.2, 0.25) is 5.90 Å². The molecule has 4 rings (SSSR count). The van der Waals surface area contributed by atoms with Gasteiger partial charge in [-0.05, 0) is 64.0 Å². The molecular weight excluding hydrogens is 453 g/mol. The number of benzene rings is 3. The maximum atomic E-state index is 13.9. The number of ether oxygens (including phenoxy) is 2. The molecule has 7 heteroatoms. The molecule has 0 aromatic heterocycles. The van der Waals surface area contributed by atoms with Crippen molar-refractivity contribution in [1.82, 2.24) is 0 Å². The lowest BCUT2D eigenvalue weighted by Crippen LogP contribution is -2.09. The van der Waals surface area contributed by atoms with Crippen LogP contribution in [-0.4, -0.2) is 17.8 Å². The van der Waals surface area contributed by atoms with Crippen LogP contribution in [0.25, 0.3) is 6.08 Å². The van der Waals surface area contributed by atoms with Crippen molar-refractivity contribution in [3.63, 3.8) is 0 Å². The van der Waals surface area contributed by atoms with E-state index < -0.39 is 17.8 Å². The highest BCUT2D eigenvalue weighted by Crippen LogP contribution is 2.23. The Labute approximate surface area is 179 Å². The Hall–Kier alpha value is -3.58. The number of cyclic esters (lactones) is 1. The van der Waals surface area contributed by atoms with Gasteiger partial charge in [0.05, 0.1) is 11.1 Å². The molecule has 0 bridgehead atoms. The van der Waals surface area contributed by atoms with E-state index in [0.717, 1.165) is 0 Å². The minimum atomic E-state index is -0.669. The maximum absolute atomic E-state index is 13.9. The molecular formula is C23H13BrFNO4. The number of hydrogen-bond acceptors (Lipinski definition) is 5. The molecule has 1 aliphatic rings. The van der Waals surface area contributed by atoms with Crippen LogP contribution in [0.3, 0.4) is 0 Å². The monoisotopic (exact) mass is 465 g/mol. The van der Waals surface area contributed by atoms with E-state index in [4.69, 9.17) is 9.47 Å². The highest BCUT2D eigenvalue weighted by atomic mass is 79.9. The summed E-state index contributed by atoms with van der Waals surface area (Å²) >= 11 is 3.31. The molecule has 0 saturated heterocycles. The number of rotatable bonds is 4. The van der Waals surface area contributed by atoms with E-state index in [-0.39, 0.29) is 17.2 Å². The van der Waals surface area contributed by atoms with Gasteiger partial charge in [0, 0.05) is 4.47 Å². The third-order valence-corrected chi connectivity index (χ3v) is 4.90. The molecule has 0 atom stereocenters. The fraction of sp³-hybridized carbons (Fsp3) is 0. The first-order valence-corrected chi connectivity index (χ1v) is 9.65. The van der Waals surface area contributed by atoms with Crippen LogP contribution in [-0.2, 0) is 9.53 Å². The zero-order valence-electron chi connectivity index (χ0n) is 15.3. The summed E-state index contributed by atoms with van der Waals surface area (Å²) in [4.78, 5) is 28.4. The zero-order chi connectivity index (χ0) is 21.1. The third kappa shape index (κ3) is 4.21. The van der Waals surface area contributed by atoms with Crippen LogP contribution < -0.4 is 4.74 Å². The SMILES string of the molecule is O=C1OC(c2ccccc2F)=NC1=Cc1ccc(OC(=O)c2ccccc2Br)cc1. The van der Waals surface area contributed by atoms with Crippen LogP contribution in [0, 0.1) is 5.82 Å². The van der Waals surface area contributed by atoms with Gasteiger partial charge < -0.3 is 9.47 Å². The normalized spacial score (nSPS) is 14.4. The van der Waals surface area contributed by atoms with E-state index in [1.165, 1.54) is 24.3 Å². The van der Waals surface area contributed by atoms with E-state index >= 15 is 0 Å². The molecule has 1 aliphatic heterocycles. The first-order valence-electron chi connectivity index (χ1n) is 8.85. The number of hydrogen-bond donors (Lipinski definition) is 0. The molecule has 3 aromatic rings. The number of carbonyl (C=O) groups excluding carboxylic acids is 2. The van der Waals surface area contributed by atoms with Crippen LogP contribution in [0.15, 0.2) is 88.0 Å². The molecule has 1 heterocycles. The lowest BCUT2D eigenvalue weighted by molar-refractivity contribution is -0.129. The number of esters is 2. The van der Waals surface area contributed by atoms with Gasteiger partial charge in [-0.1, -0.05) is 36.4 Å². The quantitative estimate of drug-likeness (QED) is 0.303. The van der Waals surface area contributed by atoms with Crippen molar-refractivity contribution in [2.75, 3.05) is 0 Å². The second-order valence-corrected chi connectivity index (χ2v) is 7.11. The van der Waals surface area contributed by atoms with Crippen molar-refractivity contribution in [2.24, 2.45) is 4.99 Å². The molecule has 5 nitrogen and oxygen atoms in total. The average Bonchev–Trinajstić information content (AvgIpc) is 3.10. The van der Waals surface area contributed by atoms with Crippen molar-refractivity contribution in [2.45, 2.75) is 0 Å². The zero-order valence-corrected chi connectivity index (χ0v) is 16.9. The van der Waals surface area contributed by atoms with Gasteiger partial charge in [0.15, 0.2) is 5.70 Å². The van der Waals surface area contributed by atoms with Crippen molar-refractivity contribution in [1.29, 1.82) is 0 Å². The smallest absolute Gasteiger partial charge is 0.363 e. The summed E-state index contributed by atoms with van der Waals surface area (Å²) in [7, 11) is 0. The van der Waals surface area contributed by atoms with Gasteiger partial charge in [-0.25, -0.2) is 19.0 Å². The van der Waals surface area contributed by atoms with Gasteiger partial charge in [-0.2, -0.15) is 0 Å². The molecule has 0 N–H and O–H groups in total. The molecule has 0 amide bonds. The van der Waals surface area contributed by atoms with Crippen LogP contribution in [0.1, 0.15) is 21.5 Å². The number of halogens is 2. The minimum absolute atomic E-state index is 0.0474. The summed E-state index contributed by atoms with van der Waals surface area (Å²) in [6.45, 7) is 0. The number of nitrogens with zero attached hydrogens (tertiary/aromatic N) is 1. The summed E-state index contributed by atoms with van der Waals surface area (Å²) < 4.78 is 25.0. The minimum Gasteiger partial charge on any atom is -0.423 e. The van der Waals surface area contributed by atoms with Gasteiger partial charge >= 0.3 is 11.9 Å². The molecule has 30 heavy (non-hydrogen) atoms. The highest BCUT2D eigenvalue weighted by Gasteiger charge is 2.25. The topological polar surface area (TPSA) is 65.0 Å². The predicted molar refractivity (Wildman–Crippen MR) is 113 cm³/mol. The third-order valence-electron chi connectivity index (χ3n) is 4.21. The van der Waals surface area contributed by atoms with E-state index in [0.29, 0.717) is 21.3 Å². The van der Waals surface area contributed by atoms with Crippen molar-refractivity contribution in [3.8, 4) is 5.75 Å². The molecule has 0 spiro atoms. The number of aliphatic imine (C=N–C) groups is 1. The van der Waals surface area contributed by atoms with Crippen LogP contribution >= 0.6 is 15.9 Å². The van der Waals surface area contributed by atoms with Crippen molar-refractivity contribution >= 4 is 39.8 Å². The van der Waals surface area contributed by atoms with Crippen LogP contribution in [0.5, 0.6) is 5.75 Å². The van der Waals surface area contributed by atoms with E-state index in [1.54, 1.807) is 54.6 Å². The average molecular weight is 466 g/mol. The molecule has 0 aliphatic carbocycles. The lowest BCUT2D eigenvalue weighted by Gasteiger charge is -2.06. The van der Waals surface area contributed by atoms with E-state index in [9.17, 15) is 14.0 Å². The Morgan fingerprint density at radius 2 is 1.70 bits per heavy atom. The van der Waals surface area contributed by atoms with Crippen LogP contribution in [0.2, 0.25) is 0 Å². The Bertz CT molecular complexity index is 1200. The van der Waals surface area contributed by atoms with Gasteiger partial charge in [0.25, 0.3) is 0 Å². The Balaban J connectivity index is 1.51. The Kier molecular flexibility index (Phi) is 5.54. The fourth-order valence-electron chi connectivity index (χ4n) is 2.74. The predicted octanol–water partition coefficient (Wildman–Crippen LogP) is 5.15. The highest BCUT2D eigenvalue weighted by molar-refractivity contribution is 9.10. The summed E-state index contributed by atoms with van der Waals surface area (Å²) in [5, 5.41) is 0. The van der Waals surface area contributed by atoms with Crippen molar-refractivity contribution < 1.29 is 23.5 Å². The van der Waals surface area contributed by atoms with Gasteiger partial charge in [0.1, 0.15) is 11.6 Å². The maximum Gasteiger partial charge on any atom is 0.363 e. The molecule has 0 fully saturated rings. The molecule has 0 radical (unpaired) electrons. The summed E-state index contributed by atoms with van der Waals surface area (Å²) in [5.41, 5.74) is 1.21. The summed E-state index contributed by atoms with van der Waals surface area (Å²) in [6.07, 6.45) is 1.51. The van der Waals surface area contributed by atoms with E-state index in [2.05, 4.69) is 20.9 Å². The number of carbonyl (C=O) groups is 2. The standard InChI is InChI=1S/C23H13BrFNO4/c24-18-7-3-1-5-16(18)22(27)29-15-11-9-14(10-12-15)13-20-23(28)30-21(26-20)17-6-2-4-8-19(17)25/h1-13H. The molecule has 3 aromatic carbocycles. The molecule has 0 saturated carbocycles. The Morgan fingerprint density at radius 1 is 1.00 bits per heavy atom. The first kappa shape index (κ1) is 19.7. The van der Waals surface area contributed by atoms with Gasteiger partial charge in [-0.15, -0.1) is 0 Å². The molecule has 0 unspecified atom stereocenters. The Morgan fingerprint density at radius 3 is 2.43 bits per heavy atom. The van der Waals surface area contributed by atoms with Gasteiger partial charge in [-0.3, -0.25) is 0 Å². The van der Waals surface area contributed by atoms with Crippen molar-refractivity contribution in [3.05, 3.63) is 105 Å². The summed E-state index contributed by atoms with van der Waals surface area (Å²) in [6, 6.07) is 19.4. The van der Waals surface area contributed by atoms with Crippen LogP contribution in [0.4, 0.5) is 4.39 Å². The second-order valence-electron chi connectivity index (χ2n) is 6.25. The lowest BCUT2D eigenvalue weighted by atomic mass is 10.2. The largest absolute Gasteiger partial charge is 0.423 e. The first-order chi connectivity index (χ1) is 14.5. The van der Waals surface area contributed by atoms with E-state index in [1.807, 2.05) is 0 Å². The molecule has 148 valence electrons.